The molecule has 0 fully saturated rings. The van der Waals surface area contributed by atoms with E-state index in [9.17, 15) is 36.3 Å². The van der Waals surface area contributed by atoms with Gasteiger partial charge in [-0.1, -0.05) is 11.6 Å². The Labute approximate surface area is 202 Å². The lowest BCUT2D eigenvalue weighted by molar-refractivity contribution is -0.242. The molecule has 35 heavy (non-hydrogen) atoms. The number of aromatic amines is 1. The topological polar surface area (TPSA) is 141 Å². The number of hydrogen-bond donors (Lipinski definition) is 4. The molecular weight excluding hydrogens is 513 g/mol. The van der Waals surface area contributed by atoms with Crippen LogP contribution in [0.3, 0.4) is 0 Å². The Morgan fingerprint density at radius 1 is 1.03 bits per heavy atom. The first-order valence-electron chi connectivity index (χ1n) is 9.71. The maximum absolute atomic E-state index is 12.9. The van der Waals surface area contributed by atoms with E-state index in [2.05, 4.69) is 15.5 Å². The summed E-state index contributed by atoms with van der Waals surface area (Å²) in [4.78, 5) is 23.7. The lowest BCUT2D eigenvalue weighted by Crippen LogP contribution is -2.52. The number of alkyl halides is 3. The fourth-order valence-electron chi connectivity index (χ4n) is 2.73. The van der Waals surface area contributed by atoms with Crippen LogP contribution in [0.4, 0.5) is 24.7 Å². The van der Waals surface area contributed by atoms with Gasteiger partial charge >= 0.3 is 6.18 Å². The van der Waals surface area contributed by atoms with Crippen molar-refractivity contribution in [3.8, 4) is 0 Å². The molecule has 1 atom stereocenters. The molecule has 186 valence electrons. The third kappa shape index (κ3) is 5.47. The van der Waals surface area contributed by atoms with Crippen LogP contribution >= 0.6 is 11.6 Å². The quantitative estimate of drug-likeness (QED) is 0.383. The third-order valence-corrected chi connectivity index (χ3v) is 6.95. The molecular formula is C21H18ClF3N4O5S. The normalized spacial score (nSPS) is 13.7. The molecule has 4 N–H and O–H groups in total. The van der Waals surface area contributed by atoms with Crippen LogP contribution in [0.2, 0.25) is 5.02 Å². The molecule has 1 aromatic heterocycles. The summed E-state index contributed by atoms with van der Waals surface area (Å²) in [7, 11) is -4.13. The van der Waals surface area contributed by atoms with E-state index >= 15 is 0 Å². The smallest absolute Gasteiger partial charge is 0.373 e. The van der Waals surface area contributed by atoms with E-state index in [0.717, 1.165) is 23.9 Å². The van der Waals surface area contributed by atoms with Crippen LogP contribution in [0.1, 0.15) is 23.0 Å². The number of amides is 2. The zero-order valence-corrected chi connectivity index (χ0v) is 19.6. The van der Waals surface area contributed by atoms with Crippen molar-refractivity contribution in [2.75, 3.05) is 10.6 Å². The van der Waals surface area contributed by atoms with Crippen LogP contribution in [0.15, 0.2) is 58.3 Å². The highest BCUT2D eigenvalue weighted by Gasteiger charge is 2.55. The number of halogens is 4. The number of nitrogens with one attached hydrogen (secondary N) is 3. The maximum Gasteiger partial charge on any atom is 0.426 e. The van der Waals surface area contributed by atoms with E-state index < -0.39 is 33.4 Å². The molecule has 1 heterocycles. The van der Waals surface area contributed by atoms with Gasteiger partial charge in [0.05, 0.1) is 20.5 Å². The second-order valence-corrected chi connectivity index (χ2v) is 9.94. The second-order valence-electron chi connectivity index (χ2n) is 7.58. The van der Waals surface area contributed by atoms with E-state index in [4.69, 9.17) is 11.6 Å². The Morgan fingerprint density at radius 2 is 1.63 bits per heavy atom. The molecule has 0 saturated carbocycles. The molecule has 0 unspecified atom stereocenters. The van der Waals surface area contributed by atoms with Gasteiger partial charge in [-0.25, -0.2) is 8.42 Å². The molecule has 2 amide bonds. The number of aromatic nitrogens is 2. The summed E-state index contributed by atoms with van der Waals surface area (Å²) in [5.41, 5.74) is -3.12. The number of hydrogen-bond acceptors (Lipinski definition) is 6. The lowest BCUT2D eigenvalue weighted by atomic mass is 10.1. The van der Waals surface area contributed by atoms with Crippen LogP contribution in [-0.2, 0) is 14.6 Å². The summed E-state index contributed by atoms with van der Waals surface area (Å²) in [6, 6.07) is 9.54. The number of nitrogens with zero attached hydrogens (tertiary/aromatic N) is 1. The van der Waals surface area contributed by atoms with Crippen molar-refractivity contribution in [1.29, 1.82) is 0 Å². The fourth-order valence-corrected chi connectivity index (χ4v) is 4.31. The van der Waals surface area contributed by atoms with Gasteiger partial charge in [0.15, 0.2) is 5.82 Å². The van der Waals surface area contributed by atoms with Gasteiger partial charge in [-0.15, -0.1) is 0 Å². The Bertz CT molecular complexity index is 1390. The van der Waals surface area contributed by atoms with Crippen LogP contribution in [0.5, 0.6) is 0 Å². The zero-order chi connectivity index (χ0) is 26.2. The number of H-pyrrole nitrogens is 1. The van der Waals surface area contributed by atoms with E-state index in [0.29, 0.717) is 5.82 Å². The van der Waals surface area contributed by atoms with Crippen LogP contribution in [0, 0.1) is 6.92 Å². The highest BCUT2D eigenvalue weighted by atomic mass is 35.5. The highest BCUT2D eigenvalue weighted by Crippen LogP contribution is 2.33. The molecule has 0 aliphatic carbocycles. The molecule has 0 saturated heterocycles. The predicted molar refractivity (Wildman–Crippen MR) is 120 cm³/mol. The number of carbonyl (C=O) groups excluding carboxylic acids is 2. The minimum Gasteiger partial charge on any atom is -0.373 e. The monoisotopic (exact) mass is 530 g/mol. The van der Waals surface area contributed by atoms with Crippen LogP contribution < -0.4 is 10.6 Å². The summed E-state index contributed by atoms with van der Waals surface area (Å²) >= 11 is 5.97. The molecule has 14 heteroatoms. The summed E-state index contributed by atoms with van der Waals surface area (Å²) < 4.78 is 64.4. The first-order chi connectivity index (χ1) is 16.1. The minimum atomic E-state index is -5.24. The predicted octanol–water partition coefficient (Wildman–Crippen LogP) is 3.71. The van der Waals surface area contributed by atoms with Gasteiger partial charge in [-0.2, -0.15) is 18.3 Å². The average Bonchev–Trinajstić information content (AvgIpc) is 3.18. The number of carbonyl (C=O) groups is 2. The standard InChI is InChI=1S/C21H18ClF3N4O5S/c1-11-9-17(29-28-11)27-18(30)12-3-5-13(6-4-12)35(33,34)14-7-8-16(15(22)10-14)26-19(31)20(2,32)21(23,24)25/h3-10,32H,1-2H3,(H,26,31)(H2,27,28,29,30)/t20-/m1/s1. The molecule has 0 radical (unpaired) electrons. The summed E-state index contributed by atoms with van der Waals surface area (Å²) in [6.07, 6.45) is -5.24. The molecule has 3 aromatic rings. The summed E-state index contributed by atoms with van der Waals surface area (Å²) in [5, 5.41) is 20.0. The molecule has 0 bridgehead atoms. The van der Waals surface area contributed by atoms with Gasteiger partial charge in [0.2, 0.25) is 15.4 Å². The van der Waals surface area contributed by atoms with E-state index in [1.807, 2.05) is 5.32 Å². The van der Waals surface area contributed by atoms with Gasteiger partial charge < -0.3 is 15.7 Å². The number of benzene rings is 2. The molecule has 0 spiro atoms. The Kier molecular flexibility index (Phi) is 6.97. The third-order valence-electron chi connectivity index (χ3n) is 4.87. The van der Waals surface area contributed by atoms with Crippen molar-refractivity contribution in [2.45, 2.75) is 35.4 Å². The number of rotatable bonds is 6. The Morgan fingerprint density at radius 3 is 2.14 bits per heavy atom. The highest BCUT2D eigenvalue weighted by molar-refractivity contribution is 7.91. The molecule has 2 aromatic carbocycles. The van der Waals surface area contributed by atoms with Crippen LogP contribution in [0.25, 0.3) is 0 Å². The first-order valence-corrected chi connectivity index (χ1v) is 11.6. The summed E-state index contributed by atoms with van der Waals surface area (Å²) in [5.74, 6) is -2.01. The Hall–Kier alpha value is -3.42. The van der Waals surface area contributed by atoms with Gasteiger partial charge in [0, 0.05) is 17.3 Å². The minimum absolute atomic E-state index is 0.164. The van der Waals surface area contributed by atoms with Crippen molar-refractivity contribution in [2.24, 2.45) is 0 Å². The zero-order valence-electron chi connectivity index (χ0n) is 18.1. The SMILES string of the molecule is Cc1cc(NC(=O)c2ccc(S(=O)(=O)c3ccc(NC(=O)[C@@](C)(O)C(F)(F)F)c(Cl)c3)cc2)n[nH]1. The van der Waals surface area contributed by atoms with E-state index in [1.165, 1.54) is 24.3 Å². The fraction of sp³-hybridized carbons (Fsp3) is 0.190. The van der Waals surface area contributed by atoms with Crippen molar-refractivity contribution in [1.82, 2.24) is 10.2 Å². The van der Waals surface area contributed by atoms with Crippen molar-refractivity contribution in [3.05, 3.63) is 64.8 Å². The van der Waals surface area contributed by atoms with Gasteiger partial charge in [-0.05, 0) is 56.3 Å². The average molecular weight is 531 g/mol. The molecule has 0 aliphatic rings. The van der Waals surface area contributed by atoms with E-state index in [1.54, 1.807) is 13.0 Å². The number of aryl methyl sites for hydroxylation is 1. The van der Waals surface area contributed by atoms with Crippen molar-refractivity contribution >= 4 is 44.8 Å². The molecule has 0 aliphatic heterocycles. The molecule has 3 rings (SSSR count). The van der Waals surface area contributed by atoms with Crippen LogP contribution in [-0.4, -0.2) is 47.3 Å². The van der Waals surface area contributed by atoms with Crippen molar-refractivity contribution in [3.63, 3.8) is 0 Å². The first kappa shape index (κ1) is 26.2. The summed E-state index contributed by atoms with van der Waals surface area (Å²) in [6.45, 7) is 2.02. The largest absolute Gasteiger partial charge is 0.426 e. The maximum atomic E-state index is 12.9. The number of anilines is 2. The van der Waals surface area contributed by atoms with Gasteiger partial charge in [0.25, 0.3) is 11.8 Å². The van der Waals surface area contributed by atoms with Gasteiger partial charge in [0.1, 0.15) is 0 Å². The van der Waals surface area contributed by atoms with Crippen molar-refractivity contribution < 1.29 is 36.3 Å². The number of sulfone groups is 1. The number of aliphatic hydroxyl groups is 1. The van der Waals surface area contributed by atoms with Gasteiger partial charge in [-0.3, -0.25) is 14.7 Å². The lowest BCUT2D eigenvalue weighted by Gasteiger charge is -2.25. The molecule has 9 nitrogen and oxygen atoms in total. The van der Waals surface area contributed by atoms with E-state index in [-0.39, 0.29) is 33.0 Å². The Balaban J connectivity index is 1.79. The second kappa shape index (κ2) is 9.32.